The fraction of sp³-hybridized carbons (Fsp3) is 0.467. The quantitative estimate of drug-likeness (QED) is 0.738. The Kier molecular flexibility index (Phi) is 7.38. The molecule has 0 saturated heterocycles. The molecule has 4 heteroatoms. The predicted molar refractivity (Wildman–Crippen MR) is 80.1 cm³/mol. The predicted octanol–water partition coefficient (Wildman–Crippen LogP) is 3.72. The summed E-state index contributed by atoms with van der Waals surface area (Å²) >= 11 is 5.61. The largest absolute Gasteiger partial charge is 0.493 e. The first kappa shape index (κ1) is 15.9. The van der Waals surface area contributed by atoms with Crippen LogP contribution in [0, 0.1) is 0 Å². The average Bonchev–Trinajstić information content (AvgIpc) is 2.45. The Bertz CT molecular complexity index is 419. The molecule has 0 bridgehead atoms. The third-order valence-corrected chi connectivity index (χ3v) is 3.00. The number of methoxy groups -OCH3 is 1. The molecule has 0 amide bonds. The smallest absolute Gasteiger partial charge is 0.161 e. The Labute approximate surface area is 120 Å². The van der Waals surface area contributed by atoms with Crippen molar-refractivity contribution in [3.8, 4) is 11.5 Å². The Hall–Kier alpha value is -1.19. The minimum absolute atomic E-state index is 0.466. The van der Waals surface area contributed by atoms with Gasteiger partial charge in [-0.3, -0.25) is 0 Å². The summed E-state index contributed by atoms with van der Waals surface area (Å²) in [6.07, 6.45) is 1.13. The van der Waals surface area contributed by atoms with E-state index in [0.717, 1.165) is 36.6 Å². The highest BCUT2D eigenvalue weighted by atomic mass is 35.5. The van der Waals surface area contributed by atoms with Crippen LogP contribution in [0.2, 0.25) is 0 Å². The molecule has 3 nitrogen and oxygen atoms in total. The molecule has 0 aliphatic carbocycles. The summed E-state index contributed by atoms with van der Waals surface area (Å²) in [4.78, 5) is 0. The number of benzene rings is 1. The van der Waals surface area contributed by atoms with Gasteiger partial charge in [0.2, 0.25) is 0 Å². The van der Waals surface area contributed by atoms with Crippen molar-refractivity contribution in [2.45, 2.75) is 26.8 Å². The first-order valence-corrected chi connectivity index (χ1v) is 6.91. The monoisotopic (exact) mass is 283 g/mol. The maximum atomic E-state index is 5.66. The van der Waals surface area contributed by atoms with Crippen molar-refractivity contribution >= 4 is 11.6 Å². The second-order valence-electron chi connectivity index (χ2n) is 4.41. The molecule has 19 heavy (non-hydrogen) atoms. The van der Waals surface area contributed by atoms with Gasteiger partial charge in [-0.2, -0.15) is 0 Å². The Morgan fingerprint density at radius 3 is 2.79 bits per heavy atom. The van der Waals surface area contributed by atoms with Gasteiger partial charge in [0.1, 0.15) is 6.61 Å². The highest BCUT2D eigenvalue weighted by molar-refractivity contribution is 6.25. The van der Waals surface area contributed by atoms with Crippen LogP contribution < -0.4 is 14.8 Å². The first-order chi connectivity index (χ1) is 9.21. The second-order valence-corrected chi connectivity index (χ2v) is 4.62. The lowest BCUT2D eigenvalue weighted by molar-refractivity contribution is 0.319. The number of hydrogen-bond acceptors (Lipinski definition) is 3. The molecular formula is C15H22ClNO2. The second kappa shape index (κ2) is 8.83. The molecule has 0 aromatic heterocycles. The maximum Gasteiger partial charge on any atom is 0.161 e. The molecule has 1 N–H and O–H groups in total. The first-order valence-electron chi connectivity index (χ1n) is 6.47. The van der Waals surface area contributed by atoms with E-state index in [-0.39, 0.29) is 0 Å². The zero-order valence-electron chi connectivity index (χ0n) is 11.8. The lowest BCUT2D eigenvalue weighted by atomic mass is 10.2. The van der Waals surface area contributed by atoms with E-state index < -0.39 is 0 Å². The van der Waals surface area contributed by atoms with E-state index in [1.807, 2.05) is 25.1 Å². The molecule has 0 saturated carbocycles. The number of halogens is 1. The van der Waals surface area contributed by atoms with E-state index in [9.17, 15) is 0 Å². The van der Waals surface area contributed by atoms with Gasteiger partial charge < -0.3 is 14.8 Å². The van der Waals surface area contributed by atoms with E-state index >= 15 is 0 Å². The molecule has 106 valence electrons. The molecule has 0 aliphatic heterocycles. The molecule has 1 aromatic carbocycles. The molecule has 0 fully saturated rings. The number of nitrogens with one attached hydrogen (secondary N) is 1. The summed E-state index contributed by atoms with van der Waals surface area (Å²) in [5, 5.41) is 3.36. The van der Waals surface area contributed by atoms with Gasteiger partial charge >= 0.3 is 0 Å². The number of ether oxygens (including phenoxy) is 2. The van der Waals surface area contributed by atoms with Gasteiger partial charge in [0.25, 0.3) is 0 Å². The summed E-state index contributed by atoms with van der Waals surface area (Å²) in [6, 6.07) is 5.97. The van der Waals surface area contributed by atoms with Crippen LogP contribution >= 0.6 is 11.6 Å². The standard InChI is InChI=1S/C15H22ClNO2/c1-4-7-17-10-13-5-6-14(15(8-13)18-3)19-11-12(2)9-16/h5-6,8-9,17H,4,7,10-11H2,1-3H3/b12-9+. The molecule has 1 aromatic rings. The van der Waals surface area contributed by atoms with Gasteiger partial charge in [0.05, 0.1) is 7.11 Å². The average molecular weight is 284 g/mol. The number of rotatable bonds is 8. The minimum Gasteiger partial charge on any atom is -0.493 e. The summed E-state index contributed by atoms with van der Waals surface area (Å²) in [7, 11) is 1.65. The van der Waals surface area contributed by atoms with Crippen LogP contribution in [0.5, 0.6) is 11.5 Å². The maximum absolute atomic E-state index is 5.66. The summed E-state index contributed by atoms with van der Waals surface area (Å²) in [5.74, 6) is 1.48. The third kappa shape index (κ3) is 5.53. The molecule has 0 radical (unpaired) electrons. The summed E-state index contributed by atoms with van der Waals surface area (Å²) in [5.41, 5.74) is 3.68. The lowest BCUT2D eigenvalue weighted by Crippen LogP contribution is -2.13. The van der Waals surface area contributed by atoms with Crippen molar-refractivity contribution in [1.82, 2.24) is 5.32 Å². The van der Waals surface area contributed by atoms with Gasteiger partial charge in [-0.05, 0) is 43.2 Å². The molecule has 0 unspecified atom stereocenters. The van der Waals surface area contributed by atoms with Crippen LogP contribution in [0.15, 0.2) is 29.3 Å². The van der Waals surface area contributed by atoms with Crippen molar-refractivity contribution in [2.24, 2.45) is 0 Å². The SMILES string of the molecule is CCCNCc1ccc(OC/C(C)=C/Cl)c(OC)c1. The zero-order valence-corrected chi connectivity index (χ0v) is 12.6. The van der Waals surface area contributed by atoms with Crippen molar-refractivity contribution in [1.29, 1.82) is 0 Å². The normalized spacial score (nSPS) is 11.5. The number of hydrogen-bond donors (Lipinski definition) is 1. The van der Waals surface area contributed by atoms with Crippen molar-refractivity contribution in [2.75, 3.05) is 20.3 Å². The lowest BCUT2D eigenvalue weighted by Gasteiger charge is -2.12. The van der Waals surface area contributed by atoms with Gasteiger partial charge in [-0.15, -0.1) is 0 Å². The zero-order chi connectivity index (χ0) is 14.1. The van der Waals surface area contributed by atoms with E-state index in [1.165, 1.54) is 11.1 Å². The third-order valence-electron chi connectivity index (χ3n) is 2.63. The molecule has 0 atom stereocenters. The highest BCUT2D eigenvalue weighted by Gasteiger charge is 2.06. The molecule has 0 spiro atoms. The molecule has 0 heterocycles. The summed E-state index contributed by atoms with van der Waals surface area (Å²) < 4.78 is 11.0. The van der Waals surface area contributed by atoms with E-state index in [1.54, 1.807) is 7.11 Å². The van der Waals surface area contributed by atoms with Gasteiger partial charge in [-0.25, -0.2) is 0 Å². The molecular weight excluding hydrogens is 262 g/mol. The topological polar surface area (TPSA) is 30.5 Å². The highest BCUT2D eigenvalue weighted by Crippen LogP contribution is 2.28. The Morgan fingerprint density at radius 1 is 1.37 bits per heavy atom. The Balaban J connectivity index is 2.67. The molecule has 0 aliphatic rings. The van der Waals surface area contributed by atoms with E-state index in [4.69, 9.17) is 21.1 Å². The summed E-state index contributed by atoms with van der Waals surface area (Å²) in [6.45, 7) is 6.39. The van der Waals surface area contributed by atoms with Gasteiger partial charge in [-0.1, -0.05) is 24.6 Å². The van der Waals surface area contributed by atoms with Crippen LogP contribution in [0.25, 0.3) is 0 Å². The molecule has 1 rings (SSSR count). The van der Waals surface area contributed by atoms with Crippen LogP contribution in [0.4, 0.5) is 0 Å². The van der Waals surface area contributed by atoms with E-state index in [0.29, 0.717) is 6.61 Å². The minimum atomic E-state index is 0.466. The van der Waals surface area contributed by atoms with Crippen LogP contribution in [0.1, 0.15) is 25.8 Å². The van der Waals surface area contributed by atoms with Crippen LogP contribution in [-0.4, -0.2) is 20.3 Å². The van der Waals surface area contributed by atoms with Crippen LogP contribution in [-0.2, 0) is 6.54 Å². The van der Waals surface area contributed by atoms with E-state index in [2.05, 4.69) is 12.2 Å². The van der Waals surface area contributed by atoms with Crippen molar-refractivity contribution < 1.29 is 9.47 Å². The van der Waals surface area contributed by atoms with Gasteiger partial charge in [0.15, 0.2) is 11.5 Å². The fourth-order valence-electron chi connectivity index (χ4n) is 1.57. The van der Waals surface area contributed by atoms with Gasteiger partial charge in [0, 0.05) is 12.1 Å². The van der Waals surface area contributed by atoms with Crippen LogP contribution in [0.3, 0.4) is 0 Å². The fourth-order valence-corrected chi connectivity index (χ4v) is 1.64. The van der Waals surface area contributed by atoms with Crippen molar-refractivity contribution in [3.05, 3.63) is 34.9 Å². The van der Waals surface area contributed by atoms with Crippen molar-refractivity contribution in [3.63, 3.8) is 0 Å². The Morgan fingerprint density at radius 2 is 2.16 bits per heavy atom.